The molecular weight excluding hydrogens is 174 g/mol. The van der Waals surface area contributed by atoms with Gasteiger partial charge in [-0.05, 0) is 18.2 Å². The van der Waals surface area contributed by atoms with E-state index in [2.05, 4.69) is 0 Å². The fourth-order valence-corrected chi connectivity index (χ4v) is 0.428. The van der Waals surface area contributed by atoms with Crippen molar-refractivity contribution >= 4 is 12.4 Å². The number of nitrogens with two attached hydrogens (primary N) is 1. The zero-order chi connectivity index (χ0) is 8.69. The molecule has 0 bridgehead atoms. The molecule has 0 amide bonds. The summed E-state index contributed by atoms with van der Waals surface area (Å²) in [5, 5.41) is 8.63. The van der Waals surface area contributed by atoms with Crippen LogP contribution >= 0.6 is 12.4 Å². The Bertz CT molecular complexity index is 174. The predicted molar refractivity (Wildman–Crippen MR) is 54.7 cm³/mol. The Kier molecular flexibility index (Phi) is 9.65. The van der Waals surface area contributed by atoms with Crippen LogP contribution < -0.4 is 5.73 Å². The van der Waals surface area contributed by atoms with Crippen LogP contribution in [0.4, 0.5) is 0 Å². The Morgan fingerprint density at radius 3 is 1.67 bits per heavy atom. The number of hydrogen-bond acceptors (Lipinski definition) is 2. The van der Waals surface area contributed by atoms with Gasteiger partial charge in [0.05, 0.1) is 0 Å². The summed E-state index contributed by atoms with van der Waals surface area (Å²) >= 11 is 0. The minimum atomic E-state index is 0. The van der Waals surface area contributed by atoms with Crippen LogP contribution in [0.3, 0.4) is 0 Å². The summed E-state index contributed by atoms with van der Waals surface area (Å²) in [5.41, 5.74) is 5.11. The number of aromatic hydroxyl groups is 1. The number of para-hydroxylation sites is 1. The highest BCUT2D eigenvalue weighted by Gasteiger charge is 1.74. The van der Waals surface area contributed by atoms with Crippen molar-refractivity contribution in [3.05, 3.63) is 30.3 Å². The van der Waals surface area contributed by atoms with E-state index >= 15 is 0 Å². The first-order chi connectivity index (χ1) is 5.13. The lowest BCUT2D eigenvalue weighted by molar-refractivity contribution is 0.475. The van der Waals surface area contributed by atoms with Crippen molar-refractivity contribution in [3.63, 3.8) is 0 Å². The van der Waals surface area contributed by atoms with Crippen molar-refractivity contribution < 1.29 is 5.11 Å². The molecule has 0 fully saturated rings. The van der Waals surface area contributed by atoms with Crippen molar-refractivity contribution in [1.29, 1.82) is 0 Å². The highest BCUT2D eigenvalue weighted by Crippen LogP contribution is 2.02. The van der Waals surface area contributed by atoms with Gasteiger partial charge in [-0.3, -0.25) is 0 Å². The second kappa shape index (κ2) is 8.37. The standard InChI is InChI=1S/C6H6O.C3H9N.ClH/c7-6-4-2-1-3-5-6;1-3(2)4;/h1-5,7H;3H,4H2,1-2H3;1H. The minimum absolute atomic E-state index is 0. The van der Waals surface area contributed by atoms with E-state index in [-0.39, 0.29) is 12.4 Å². The van der Waals surface area contributed by atoms with E-state index in [0.717, 1.165) is 0 Å². The number of benzene rings is 1. The van der Waals surface area contributed by atoms with Crippen LogP contribution in [-0.4, -0.2) is 11.1 Å². The Morgan fingerprint density at radius 2 is 1.50 bits per heavy atom. The molecule has 0 aliphatic rings. The highest BCUT2D eigenvalue weighted by atomic mass is 35.5. The maximum absolute atomic E-state index is 8.63. The molecule has 0 atom stereocenters. The number of phenols is 1. The van der Waals surface area contributed by atoms with Crippen LogP contribution in [0, 0.1) is 0 Å². The molecule has 0 saturated heterocycles. The average Bonchev–Trinajstić information content (AvgIpc) is 1.87. The minimum Gasteiger partial charge on any atom is -0.508 e. The van der Waals surface area contributed by atoms with E-state index in [4.69, 9.17) is 10.8 Å². The lowest BCUT2D eigenvalue weighted by atomic mass is 10.3. The van der Waals surface area contributed by atoms with Gasteiger partial charge in [-0.2, -0.15) is 0 Å². The Labute approximate surface area is 79.8 Å². The molecular formula is C9H16ClNO. The molecule has 1 rings (SSSR count). The van der Waals surface area contributed by atoms with Gasteiger partial charge < -0.3 is 10.8 Å². The van der Waals surface area contributed by atoms with E-state index in [0.29, 0.717) is 11.8 Å². The van der Waals surface area contributed by atoms with Gasteiger partial charge >= 0.3 is 0 Å². The van der Waals surface area contributed by atoms with E-state index in [1.807, 2.05) is 19.9 Å². The summed E-state index contributed by atoms with van der Waals surface area (Å²) in [7, 11) is 0. The van der Waals surface area contributed by atoms with Crippen molar-refractivity contribution in [1.82, 2.24) is 0 Å². The summed E-state index contributed by atoms with van der Waals surface area (Å²) in [6.45, 7) is 3.89. The van der Waals surface area contributed by atoms with Crippen LogP contribution in [0.2, 0.25) is 0 Å². The van der Waals surface area contributed by atoms with Crippen LogP contribution in [0.1, 0.15) is 13.8 Å². The fourth-order valence-electron chi connectivity index (χ4n) is 0.428. The second-order valence-electron chi connectivity index (χ2n) is 2.58. The number of halogens is 1. The Balaban J connectivity index is 0. The van der Waals surface area contributed by atoms with Crippen LogP contribution in [0.25, 0.3) is 0 Å². The smallest absolute Gasteiger partial charge is 0.115 e. The van der Waals surface area contributed by atoms with E-state index < -0.39 is 0 Å². The number of rotatable bonds is 0. The molecule has 1 aromatic carbocycles. The fraction of sp³-hybridized carbons (Fsp3) is 0.333. The molecule has 2 nitrogen and oxygen atoms in total. The van der Waals surface area contributed by atoms with Gasteiger partial charge in [-0.1, -0.05) is 32.0 Å². The molecule has 0 unspecified atom stereocenters. The SMILES string of the molecule is CC(C)N.Cl.Oc1ccccc1. The maximum atomic E-state index is 8.63. The van der Waals surface area contributed by atoms with Crippen LogP contribution in [0.15, 0.2) is 30.3 Å². The summed E-state index contributed by atoms with van der Waals surface area (Å²) in [4.78, 5) is 0. The normalized spacial score (nSPS) is 8.00. The summed E-state index contributed by atoms with van der Waals surface area (Å²) in [6.07, 6.45) is 0. The topological polar surface area (TPSA) is 46.2 Å². The molecule has 0 aliphatic heterocycles. The maximum Gasteiger partial charge on any atom is 0.115 e. The first-order valence-electron chi connectivity index (χ1n) is 3.62. The summed E-state index contributed by atoms with van der Waals surface area (Å²) in [5.74, 6) is 0.322. The molecule has 0 spiro atoms. The van der Waals surface area contributed by atoms with Crippen LogP contribution in [-0.2, 0) is 0 Å². The third-order valence-electron chi connectivity index (χ3n) is 0.756. The molecule has 3 heteroatoms. The lowest BCUT2D eigenvalue weighted by Gasteiger charge is -1.82. The van der Waals surface area contributed by atoms with Gasteiger partial charge in [0.25, 0.3) is 0 Å². The summed E-state index contributed by atoms with van der Waals surface area (Å²) in [6, 6.07) is 9.05. The molecule has 12 heavy (non-hydrogen) atoms. The molecule has 70 valence electrons. The first-order valence-corrected chi connectivity index (χ1v) is 3.62. The molecule has 3 N–H and O–H groups in total. The highest BCUT2D eigenvalue weighted by molar-refractivity contribution is 5.85. The van der Waals surface area contributed by atoms with Gasteiger partial charge in [0.2, 0.25) is 0 Å². The third kappa shape index (κ3) is 12.0. The van der Waals surface area contributed by atoms with Gasteiger partial charge in [-0.15, -0.1) is 12.4 Å². The number of hydrogen-bond donors (Lipinski definition) is 2. The molecule has 1 aromatic rings. The quantitative estimate of drug-likeness (QED) is 0.657. The largest absolute Gasteiger partial charge is 0.508 e. The molecule has 0 aromatic heterocycles. The predicted octanol–water partition coefficient (Wildman–Crippen LogP) is 2.17. The lowest BCUT2D eigenvalue weighted by Crippen LogP contribution is -2.06. The van der Waals surface area contributed by atoms with Crippen molar-refractivity contribution in [3.8, 4) is 5.75 Å². The van der Waals surface area contributed by atoms with E-state index in [1.165, 1.54) is 0 Å². The van der Waals surface area contributed by atoms with Gasteiger partial charge in [0.1, 0.15) is 5.75 Å². The Morgan fingerprint density at radius 1 is 1.17 bits per heavy atom. The second-order valence-corrected chi connectivity index (χ2v) is 2.58. The molecule has 0 aliphatic carbocycles. The monoisotopic (exact) mass is 189 g/mol. The zero-order valence-corrected chi connectivity index (χ0v) is 8.21. The van der Waals surface area contributed by atoms with Crippen molar-refractivity contribution in [2.45, 2.75) is 19.9 Å². The van der Waals surface area contributed by atoms with Crippen molar-refractivity contribution in [2.24, 2.45) is 5.73 Å². The molecule has 0 radical (unpaired) electrons. The van der Waals surface area contributed by atoms with Crippen molar-refractivity contribution in [2.75, 3.05) is 0 Å². The third-order valence-corrected chi connectivity index (χ3v) is 0.756. The molecule has 0 heterocycles. The van der Waals surface area contributed by atoms with E-state index in [9.17, 15) is 0 Å². The Hall–Kier alpha value is -0.730. The number of phenolic OH excluding ortho intramolecular Hbond substituents is 1. The van der Waals surface area contributed by atoms with Gasteiger partial charge in [0.15, 0.2) is 0 Å². The zero-order valence-electron chi connectivity index (χ0n) is 7.40. The molecule has 0 saturated carbocycles. The van der Waals surface area contributed by atoms with E-state index in [1.54, 1.807) is 24.3 Å². The van der Waals surface area contributed by atoms with Crippen LogP contribution in [0.5, 0.6) is 5.75 Å². The van der Waals surface area contributed by atoms with Gasteiger partial charge in [-0.25, -0.2) is 0 Å². The van der Waals surface area contributed by atoms with Gasteiger partial charge in [0, 0.05) is 0 Å². The average molecular weight is 190 g/mol. The summed E-state index contributed by atoms with van der Waals surface area (Å²) < 4.78 is 0. The first kappa shape index (κ1) is 13.8.